The van der Waals surface area contributed by atoms with Gasteiger partial charge < -0.3 is 16.4 Å². The Morgan fingerprint density at radius 2 is 1.76 bits per heavy atom. The lowest BCUT2D eigenvalue weighted by Crippen LogP contribution is -2.41. The van der Waals surface area contributed by atoms with Crippen LogP contribution in [0.4, 0.5) is 36.3 Å². The number of nitrogens with zero attached hydrogens (tertiary/aromatic N) is 3. The number of benzene rings is 2. The monoisotopic (exact) mass is 544 g/mol. The van der Waals surface area contributed by atoms with E-state index in [2.05, 4.69) is 20.6 Å². The topological polar surface area (TPSA) is 130 Å². The number of para-hydroxylation sites is 2. The Balaban J connectivity index is 1.72. The van der Waals surface area contributed by atoms with E-state index in [0.717, 1.165) is 22.8 Å². The van der Waals surface area contributed by atoms with Gasteiger partial charge >= 0.3 is 0 Å². The third kappa shape index (κ3) is 5.47. The molecular formula is C25H23F3N6O3S. The average molecular weight is 545 g/mol. The molecule has 1 atom stereocenters. The van der Waals surface area contributed by atoms with E-state index in [1.54, 1.807) is 42.5 Å². The lowest BCUT2D eigenvalue weighted by atomic mass is 9.93. The summed E-state index contributed by atoms with van der Waals surface area (Å²) in [6, 6.07) is 12.3. The molecule has 198 valence electrons. The van der Waals surface area contributed by atoms with Gasteiger partial charge in [-0.2, -0.15) is 13.8 Å². The fourth-order valence-corrected chi connectivity index (χ4v) is 4.24. The van der Waals surface area contributed by atoms with E-state index in [0.29, 0.717) is 11.6 Å². The van der Waals surface area contributed by atoms with Crippen molar-refractivity contribution in [3.8, 4) is 0 Å². The highest BCUT2D eigenvalue weighted by Crippen LogP contribution is 2.38. The van der Waals surface area contributed by atoms with E-state index in [9.17, 15) is 22.0 Å². The van der Waals surface area contributed by atoms with Crippen LogP contribution in [0.15, 0.2) is 78.8 Å². The fourth-order valence-electron chi connectivity index (χ4n) is 3.72. The van der Waals surface area contributed by atoms with Crippen LogP contribution in [0.5, 0.6) is 0 Å². The summed E-state index contributed by atoms with van der Waals surface area (Å²) < 4.78 is 70.1. The molecule has 1 heterocycles. The number of rotatable bonds is 8. The van der Waals surface area contributed by atoms with Crippen LogP contribution < -0.4 is 20.7 Å². The highest BCUT2D eigenvalue weighted by Gasteiger charge is 2.44. The summed E-state index contributed by atoms with van der Waals surface area (Å²) in [5.41, 5.74) is 6.04. The zero-order valence-electron chi connectivity index (χ0n) is 20.2. The Bertz CT molecular complexity index is 1540. The Kier molecular flexibility index (Phi) is 7.14. The first kappa shape index (κ1) is 26.7. The smallest absolute Gasteiger partial charge is 0.293 e. The number of carbonyl (C=O) groups excluding carboxylic acids is 1. The molecule has 1 aromatic heterocycles. The number of nitrogens with two attached hydrogens (primary N) is 1. The van der Waals surface area contributed by atoms with E-state index in [1.807, 2.05) is 0 Å². The Morgan fingerprint density at radius 1 is 1.11 bits per heavy atom. The number of carbonyl (C=O) groups is 1. The molecular weight excluding hydrogens is 521 g/mol. The van der Waals surface area contributed by atoms with Crippen molar-refractivity contribution >= 4 is 44.6 Å². The van der Waals surface area contributed by atoms with Gasteiger partial charge in [0.25, 0.3) is 11.8 Å². The normalized spacial score (nSPS) is 16.7. The van der Waals surface area contributed by atoms with E-state index in [-0.39, 0.29) is 28.3 Å². The van der Waals surface area contributed by atoms with Crippen molar-refractivity contribution < 1.29 is 26.4 Å². The van der Waals surface area contributed by atoms with Crippen LogP contribution in [0.1, 0.15) is 15.9 Å². The fraction of sp³-hybridized carbons (Fsp3) is 0.160. The molecule has 2 aromatic carbocycles. The lowest BCUT2D eigenvalue weighted by Gasteiger charge is -2.28. The maximum absolute atomic E-state index is 15.4. The summed E-state index contributed by atoms with van der Waals surface area (Å²) >= 11 is 0. The predicted octanol–water partition coefficient (Wildman–Crippen LogP) is 4.08. The van der Waals surface area contributed by atoms with Gasteiger partial charge in [-0.3, -0.25) is 9.10 Å². The first-order valence-electron chi connectivity index (χ1n) is 11.1. The number of primary amides is 1. The van der Waals surface area contributed by atoms with Crippen LogP contribution in [-0.2, 0) is 10.0 Å². The van der Waals surface area contributed by atoms with Crippen molar-refractivity contribution in [1.29, 1.82) is 0 Å². The van der Waals surface area contributed by atoms with E-state index >= 15 is 4.39 Å². The van der Waals surface area contributed by atoms with Crippen LogP contribution >= 0.6 is 0 Å². The quantitative estimate of drug-likeness (QED) is 0.390. The van der Waals surface area contributed by atoms with Gasteiger partial charge in [0.2, 0.25) is 16.0 Å². The second kappa shape index (κ2) is 10.2. The molecule has 1 amide bonds. The molecule has 0 saturated carbocycles. The first-order valence-corrected chi connectivity index (χ1v) is 13.0. The number of allylic oxidation sites excluding steroid dienone is 2. The van der Waals surface area contributed by atoms with E-state index in [4.69, 9.17) is 5.73 Å². The summed E-state index contributed by atoms with van der Waals surface area (Å²) in [7, 11) is -2.32. The number of hydrogen-bond donors (Lipinski definition) is 3. The minimum absolute atomic E-state index is 0.0288. The summed E-state index contributed by atoms with van der Waals surface area (Å²) in [6.07, 6.45) is 3.61. The number of sulfonamides is 1. The van der Waals surface area contributed by atoms with Gasteiger partial charge in [-0.05, 0) is 29.8 Å². The number of nitrogens with one attached hydrogen (secondary N) is 2. The standard InChI is InChI=1S/C25H23F3N6O3S/c1-34(38(2,36)37)19-11-7-6-10-18(19)31-23-17(22(29)35)14-30-24(33-23)32-21-20(26)16(12-13-25(21,27)28)15-8-4-3-5-9-15/h3-14,21H,1-2H3,(H2,29,35)(H2,30,31,32,33). The number of halogens is 3. The third-order valence-corrected chi connectivity index (χ3v) is 6.97. The van der Waals surface area contributed by atoms with Crippen LogP contribution in [0.25, 0.3) is 5.57 Å². The Morgan fingerprint density at radius 3 is 2.42 bits per heavy atom. The molecule has 13 heteroatoms. The molecule has 4 N–H and O–H groups in total. The van der Waals surface area contributed by atoms with Crippen molar-refractivity contribution in [2.24, 2.45) is 5.73 Å². The van der Waals surface area contributed by atoms with Gasteiger partial charge in [-0.1, -0.05) is 42.5 Å². The molecule has 4 rings (SSSR count). The molecule has 0 aliphatic heterocycles. The number of aromatic nitrogens is 2. The lowest BCUT2D eigenvalue weighted by molar-refractivity contribution is 0.0369. The van der Waals surface area contributed by atoms with Crippen molar-refractivity contribution in [3.05, 3.63) is 89.9 Å². The molecule has 1 unspecified atom stereocenters. The highest BCUT2D eigenvalue weighted by atomic mass is 32.2. The van der Waals surface area contributed by atoms with Crippen LogP contribution in [-0.4, -0.2) is 49.6 Å². The van der Waals surface area contributed by atoms with Crippen molar-refractivity contribution in [2.75, 3.05) is 28.2 Å². The molecule has 38 heavy (non-hydrogen) atoms. The van der Waals surface area contributed by atoms with Crippen molar-refractivity contribution in [1.82, 2.24) is 9.97 Å². The van der Waals surface area contributed by atoms with Crippen LogP contribution in [0.3, 0.4) is 0 Å². The number of amides is 1. The molecule has 0 saturated heterocycles. The molecule has 3 aromatic rings. The van der Waals surface area contributed by atoms with Gasteiger partial charge in [0, 0.05) is 18.8 Å². The Labute approximate surface area is 217 Å². The van der Waals surface area contributed by atoms with Gasteiger partial charge in [0.15, 0.2) is 0 Å². The minimum Gasteiger partial charge on any atom is -0.365 e. The maximum Gasteiger partial charge on any atom is 0.293 e. The number of hydrogen-bond acceptors (Lipinski definition) is 7. The predicted molar refractivity (Wildman–Crippen MR) is 139 cm³/mol. The van der Waals surface area contributed by atoms with Crippen LogP contribution in [0, 0.1) is 0 Å². The first-order chi connectivity index (χ1) is 17.9. The molecule has 0 bridgehead atoms. The maximum atomic E-state index is 15.4. The SMILES string of the molecule is CN(c1ccccc1Nc1nc(NC2C(F)=C(c3ccccc3)C=CC2(F)F)ncc1C(N)=O)S(C)(=O)=O. The van der Waals surface area contributed by atoms with Gasteiger partial charge in [0.1, 0.15) is 23.3 Å². The number of alkyl halides is 2. The van der Waals surface area contributed by atoms with Crippen molar-refractivity contribution in [2.45, 2.75) is 12.0 Å². The van der Waals surface area contributed by atoms with E-state index < -0.39 is 39.7 Å². The molecule has 1 aliphatic rings. The molecule has 9 nitrogen and oxygen atoms in total. The zero-order valence-corrected chi connectivity index (χ0v) is 21.0. The van der Waals surface area contributed by atoms with Gasteiger partial charge in [-0.25, -0.2) is 17.8 Å². The van der Waals surface area contributed by atoms with Crippen LogP contribution in [0.2, 0.25) is 0 Å². The summed E-state index contributed by atoms with van der Waals surface area (Å²) in [4.78, 5) is 20.0. The Hall–Kier alpha value is -4.39. The molecule has 1 aliphatic carbocycles. The molecule has 0 fully saturated rings. The zero-order chi connectivity index (χ0) is 27.7. The summed E-state index contributed by atoms with van der Waals surface area (Å²) in [5, 5.41) is 5.13. The minimum atomic E-state index is -3.65. The highest BCUT2D eigenvalue weighted by molar-refractivity contribution is 7.92. The van der Waals surface area contributed by atoms with Gasteiger partial charge in [-0.15, -0.1) is 0 Å². The third-order valence-electron chi connectivity index (χ3n) is 5.77. The summed E-state index contributed by atoms with van der Waals surface area (Å²) in [6.45, 7) is 0. The van der Waals surface area contributed by atoms with Gasteiger partial charge in [0.05, 0.1) is 17.6 Å². The molecule has 0 radical (unpaired) electrons. The van der Waals surface area contributed by atoms with Crippen molar-refractivity contribution in [3.63, 3.8) is 0 Å². The summed E-state index contributed by atoms with van der Waals surface area (Å²) in [5.74, 6) is -6.31. The van der Waals surface area contributed by atoms with E-state index in [1.165, 1.54) is 19.2 Å². The average Bonchev–Trinajstić information content (AvgIpc) is 2.86. The second-order valence-corrected chi connectivity index (χ2v) is 10.4. The second-order valence-electron chi connectivity index (χ2n) is 8.41. The largest absolute Gasteiger partial charge is 0.365 e. The molecule has 0 spiro atoms. The number of anilines is 4.